The van der Waals surface area contributed by atoms with E-state index in [1.54, 1.807) is 7.11 Å². The second-order valence-corrected chi connectivity index (χ2v) is 6.03. The summed E-state index contributed by atoms with van der Waals surface area (Å²) in [6, 6.07) is 10.3. The summed E-state index contributed by atoms with van der Waals surface area (Å²) >= 11 is 0. The fraction of sp³-hybridized carbons (Fsp3) is 0.500. The maximum Gasteiger partial charge on any atom is 0.0705 e. The highest BCUT2D eigenvalue weighted by molar-refractivity contribution is 5.79. The van der Waals surface area contributed by atoms with Gasteiger partial charge in [-0.05, 0) is 42.5 Å². The van der Waals surface area contributed by atoms with Gasteiger partial charge in [-0.15, -0.1) is 0 Å². The summed E-state index contributed by atoms with van der Waals surface area (Å²) in [6.45, 7) is 0.907. The zero-order valence-electron chi connectivity index (χ0n) is 12.6. The lowest BCUT2D eigenvalue weighted by Crippen LogP contribution is -2.22. The number of methoxy groups -OCH3 is 1. The minimum absolute atomic E-state index is 0.0796. The molecule has 0 aliphatic heterocycles. The molecule has 0 bridgehead atoms. The number of benzene rings is 1. The van der Waals surface area contributed by atoms with E-state index in [-0.39, 0.29) is 6.61 Å². The molecule has 0 radical (unpaired) electrons. The maximum absolute atomic E-state index is 9.21. The Bertz CT molecular complexity index is 609. The van der Waals surface area contributed by atoms with Crippen molar-refractivity contribution in [1.29, 1.82) is 0 Å². The number of nitrogens with zero attached hydrogens (tertiary/aromatic N) is 1. The van der Waals surface area contributed by atoms with Gasteiger partial charge in [0.15, 0.2) is 0 Å². The van der Waals surface area contributed by atoms with Crippen molar-refractivity contribution in [1.82, 2.24) is 4.98 Å². The van der Waals surface area contributed by atoms with E-state index in [1.807, 2.05) is 18.2 Å². The van der Waals surface area contributed by atoms with E-state index in [1.165, 1.54) is 31.4 Å². The number of aliphatic hydroxyl groups is 1. The zero-order valence-corrected chi connectivity index (χ0v) is 12.6. The lowest BCUT2D eigenvalue weighted by molar-refractivity contribution is 0.117. The van der Waals surface area contributed by atoms with Gasteiger partial charge in [-0.25, -0.2) is 0 Å². The highest BCUT2D eigenvalue weighted by Crippen LogP contribution is 2.37. The summed E-state index contributed by atoms with van der Waals surface area (Å²) in [6.07, 6.45) is 5.04. The third-order valence-electron chi connectivity index (χ3n) is 4.63. The van der Waals surface area contributed by atoms with Gasteiger partial charge in [-0.1, -0.05) is 25.0 Å². The molecule has 1 aromatic carbocycles. The molecule has 1 aromatic heterocycles. The van der Waals surface area contributed by atoms with Gasteiger partial charge in [0, 0.05) is 30.7 Å². The van der Waals surface area contributed by atoms with Gasteiger partial charge in [0.1, 0.15) is 0 Å². The van der Waals surface area contributed by atoms with Crippen LogP contribution in [0.3, 0.4) is 0 Å². The lowest BCUT2D eigenvalue weighted by Gasteiger charge is -2.30. The first-order chi connectivity index (χ1) is 10.3. The zero-order chi connectivity index (χ0) is 14.7. The second-order valence-electron chi connectivity index (χ2n) is 6.03. The van der Waals surface area contributed by atoms with Crippen LogP contribution in [0.15, 0.2) is 30.3 Å². The maximum atomic E-state index is 9.21. The summed E-state index contributed by atoms with van der Waals surface area (Å²) in [5.41, 5.74) is 3.15. The largest absolute Gasteiger partial charge is 0.392 e. The quantitative estimate of drug-likeness (QED) is 0.932. The first-order valence-electron chi connectivity index (χ1n) is 7.81. The van der Waals surface area contributed by atoms with Crippen molar-refractivity contribution in [2.45, 2.75) is 38.2 Å². The van der Waals surface area contributed by atoms with Crippen molar-refractivity contribution in [3.63, 3.8) is 0 Å². The molecule has 1 aliphatic rings. The van der Waals surface area contributed by atoms with Crippen LogP contribution in [0.4, 0.5) is 0 Å². The van der Waals surface area contributed by atoms with Gasteiger partial charge in [0.05, 0.1) is 12.1 Å². The van der Waals surface area contributed by atoms with Crippen molar-refractivity contribution in [3.8, 4) is 0 Å². The van der Waals surface area contributed by atoms with Crippen LogP contribution in [-0.2, 0) is 11.3 Å². The first kappa shape index (κ1) is 14.5. The van der Waals surface area contributed by atoms with Crippen molar-refractivity contribution in [2.75, 3.05) is 13.7 Å². The van der Waals surface area contributed by atoms with Gasteiger partial charge in [-0.2, -0.15) is 0 Å². The summed E-state index contributed by atoms with van der Waals surface area (Å²) in [5.74, 6) is 1.10. The number of ether oxygens (including phenoxy) is 1. The predicted octanol–water partition coefficient (Wildman–Crippen LogP) is 3.65. The third-order valence-corrected chi connectivity index (χ3v) is 4.63. The number of hydrogen-bond donors (Lipinski definition) is 1. The molecule has 1 fully saturated rings. The molecule has 112 valence electrons. The molecule has 1 heterocycles. The summed E-state index contributed by atoms with van der Waals surface area (Å²) < 4.78 is 5.40. The van der Waals surface area contributed by atoms with Crippen LogP contribution in [0.2, 0.25) is 0 Å². The standard InChI is InChI=1S/C18H23NO2/c1-21-12-15-4-2-3-5-16(15)18-9-7-14-10-13(11-20)6-8-17(14)19-18/h6-10,15-16,20H,2-5,11-12H2,1H3. The van der Waals surface area contributed by atoms with Crippen molar-refractivity contribution < 1.29 is 9.84 Å². The summed E-state index contributed by atoms with van der Waals surface area (Å²) in [7, 11) is 1.79. The van der Waals surface area contributed by atoms with E-state index < -0.39 is 0 Å². The van der Waals surface area contributed by atoms with Crippen LogP contribution in [0.25, 0.3) is 10.9 Å². The molecular formula is C18H23NO2. The minimum Gasteiger partial charge on any atom is -0.392 e. The van der Waals surface area contributed by atoms with Crippen molar-refractivity contribution >= 4 is 10.9 Å². The predicted molar refractivity (Wildman–Crippen MR) is 84.2 cm³/mol. The molecule has 21 heavy (non-hydrogen) atoms. The van der Waals surface area contributed by atoms with Crippen molar-refractivity contribution in [2.24, 2.45) is 5.92 Å². The summed E-state index contributed by atoms with van der Waals surface area (Å²) in [4.78, 5) is 4.87. The number of rotatable bonds is 4. The Hall–Kier alpha value is -1.45. The molecule has 1 aliphatic carbocycles. The highest BCUT2D eigenvalue weighted by Gasteiger charge is 2.27. The molecule has 1 N–H and O–H groups in total. The molecule has 1 saturated carbocycles. The smallest absolute Gasteiger partial charge is 0.0705 e. The fourth-order valence-electron chi connectivity index (χ4n) is 3.51. The molecule has 0 spiro atoms. The average Bonchev–Trinajstić information content (AvgIpc) is 2.55. The second kappa shape index (κ2) is 6.54. The number of aromatic nitrogens is 1. The Balaban J connectivity index is 1.92. The van der Waals surface area contributed by atoms with Crippen LogP contribution in [0.5, 0.6) is 0 Å². The average molecular weight is 285 g/mol. The monoisotopic (exact) mass is 285 g/mol. The van der Waals surface area contributed by atoms with Crippen LogP contribution in [0.1, 0.15) is 42.9 Å². The molecule has 3 rings (SSSR count). The number of hydrogen-bond acceptors (Lipinski definition) is 3. The molecule has 2 aromatic rings. The molecule has 3 heteroatoms. The molecule has 0 saturated heterocycles. The molecule has 0 amide bonds. The van der Waals surface area contributed by atoms with E-state index >= 15 is 0 Å². The number of aliphatic hydroxyl groups excluding tert-OH is 1. The van der Waals surface area contributed by atoms with Gasteiger partial charge >= 0.3 is 0 Å². The van der Waals surface area contributed by atoms with Crippen LogP contribution >= 0.6 is 0 Å². The third kappa shape index (κ3) is 3.09. The highest BCUT2D eigenvalue weighted by atomic mass is 16.5. The van der Waals surface area contributed by atoms with Gasteiger partial charge in [0.2, 0.25) is 0 Å². The van der Waals surface area contributed by atoms with E-state index in [0.29, 0.717) is 11.8 Å². The van der Waals surface area contributed by atoms with E-state index in [4.69, 9.17) is 9.72 Å². The Morgan fingerprint density at radius 1 is 1.19 bits per heavy atom. The first-order valence-corrected chi connectivity index (χ1v) is 7.81. The number of fused-ring (bicyclic) bond motifs is 1. The Labute approximate surface area is 126 Å². The van der Waals surface area contributed by atoms with Crippen molar-refractivity contribution in [3.05, 3.63) is 41.6 Å². The summed E-state index contributed by atoms with van der Waals surface area (Å²) in [5, 5.41) is 10.3. The molecule has 2 unspecified atom stereocenters. The SMILES string of the molecule is COCC1CCCCC1c1ccc2cc(CO)ccc2n1. The van der Waals surface area contributed by atoms with Crippen LogP contribution in [0, 0.1) is 5.92 Å². The fourth-order valence-corrected chi connectivity index (χ4v) is 3.51. The Kier molecular flexibility index (Phi) is 4.51. The van der Waals surface area contributed by atoms with Gasteiger partial charge < -0.3 is 9.84 Å². The van der Waals surface area contributed by atoms with E-state index in [2.05, 4.69) is 12.1 Å². The Morgan fingerprint density at radius 3 is 2.86 bits per heavy atom. The minimum atomic E-state index is 0.0796. The van der Waals surface area contributed by atoms with E-state index in [9.17, 15) is 5.11 Å². The lowest BCUT2D eigenvalue weighted by atomic mass is 9.77. The topological polar surface area (TPSA) is 42.4 Å². The van der Waals surface area contributed by atoms with E-state index in [0.717, 1.165) is 23.1 Å². The molecule has 3 nitrogen and oxygen atoms in total. The number of pyridine rings is 1. The normalized spacial score (nSPS) is 22.6. The van der Waals surface area contributed by atoms with Crippen LogP contribution in [-0.4, -0.2) is 23.8 Å². The van der Waals surface area contributed by atoms with Gasteiger partial charge in [0.25, 0.3) is 0 Å². The molecular weight excluding hydrogens is 262 g/mol. The van der Waals surface area contributed by atoms with Gasteiger partial charge in [-0.3, -0.25) is 4.98 Å². The molecule has 2 atom stereocenters. The van der Waals surface area contributed by atoms with Crippen LogP contribution < -0.4 is 0 Å². The Morgan fingerprint density at radius 2 is 2.05 bits per heavy atom.